The minimum Gasteiger partial charge on any atom is -0.381 e. The summed E-state index contributed by atoms with van der Waals surface area (Å²) < 4.78 is 5.21. The summed E-state index contributed by atoms with van der Waals surface area (Å²) in [5.41, 5.74) is -0.313. The van der Waals surface area contributed by atoms with Gasteiger partial charge in [-0.05, 0) is 25.2 Å². The third-order valence-electron chi connectivity index (χ3n) is 2.41. The molecule has 0 atom stereocenters. The second-order valence-electron chi connectivity index (χ2n) is 4.03. The maximum Gasteiger partial charge on any atom is 0.107 e. The van der Waals surface area contributed by atoms with Gasteiger partial charge in [-0.25, -0.2) is 0 Å². The van der Waals surface area contributed by atoms with Crippen LogP contribution in [0, 0.1) is 10.8 Å². The molecule has 0 aliphatic carbocycles. The van der Waals surface area contributed by atoms with Gasteiger partial charge >= 0.3 is 0 Å². The van der Waals surface area contributed by atoms with Crippen molar-refractivity contribution in [3.8, 4) is 0 Å². The lowest BCUT2D eigenvalue weighted by Gasteiger charge is -2.31. The summed E-state index contributed by atoms with van der Waals surface area (Å²) in [4.78, 5) is 10.7. The zero-order valence-corrected chi connectivity index (χ0v) is 7.88. The van der Waals surface area contributed by atoms with Crippen molar-refractivity contribution in [1.82, 2.24) is 0 Å². The van der Waals surface area contributed by atoms with E-state index < -0.39 is 0 Å². The van der Waals surface area contributed by atoms with Crippen LogP contribution in [0.25, 0.3) is 0 Å². The van der Waals surface area contributed by atoms with E-state index in [2.05, 4.69) is 19.0 Å². The fourth-order valence-electron chi connectivity index (χ4n) is 1.84. The minimum absolute atomic E-state index is 0.313. The van der Waals surface area contributed by atoms with Gasteiger partial charge in [0.25, 0.3) is 0 Å². The van der Waals surface area contributed by atoms with Crippen molar-refractivity contribution in [2.45, 2.75) is 38.6 Å². The van der Waals surface area contributed by atoms with Gasteiger partial charge in [0, 0.05) is 13.2 Å². The van der Waals surface area contributed by atoms with Crippen LogP contribution in [0.1, 0.15) is 33.1 Å². The second kappa shape index (κ2) is 3.99. The smallest absolute Gasteiger partial charge is 0.107 e. The summed E-state index contributed by atoms with van der Waals surface area (Å²) in [6.07, 6.45) is 2.50. The van der Waals surface area contributed by atoms with Gasteiger partial charge in [0.2, 0.25) is 0 Å². The summed E-state index contributed by atoms with van der Waals surface area (Å²) in [7, 11) is 0. The van der Waals surface area contributed by atoms with Gasteiger partial charge in [-0.3, -0.25) is 0 Å². The first-order valence-corrected chi connectivity index (χ1v) is 4.61. The molecule has 0 aromatic rings. The van der Waals surface area contributed by atoms with E-state index >= 15 is 0 Å². The first kappa shape index (κ1) is 9.65. The van der Waals surface area contributed by atoms with Crippen molar-refractivity contribution >= 4 is 0 Å². The molecule has 1 saturated heterocycles. The zero-order chi connectivity index (χ0) is 9.03. The van der Waals surface area contributed by atoms with Crippen LogP contribution in [0.5, 0.6) is 0 Å². The molecular formula is C9H17NO2. The van der Waals surface area contributed by atoms with E-state index in [9.17, 15) is 4.91 Å². The number of ether oxygens (including phenoxy) is 1. The van der Waals surface area contributed by atoms with Gasteiger partial charge < -0.3 is 4.74 Å². The highest BCUT2D eigenvalue weighted by Gasteiger charge is 2.34. The maximum absolute atomic E-state index is 10.7. The molecule has 1 aliphatic heterocycles. The molecule has 0 spiro atoms. The van der Waals surface area contributed by atoms with Gasteiger partial charge in [-0.2, -0.15) is 4.91 Å². The molecule has 0 saturated carbocycles. The lowest BCUT2D eigenvalue weighted by atomic mass is 9.83. The van der Waals surface area contributed by atoms with Gasteiger partial charge in [0.15, 0.2) is 0 Å². The van der Waals surface area contributed by atoms with Crippen LogP contribution in [0.4, 0.5) is 0 Å². The number of hydrogen-bond acceptors (Lipinski definition) is 3. The van der Waals surface area contributed by atoms with Crippen LogP contribution in [0.3, 0.4) is 0 Å². The summed E-state index contributed by atoms with van der Waals surface area (Å²) in [6.45, 7) is 5.64. The molecule has 0 N–H and O–H groups in total. The predicted molar refractivity (Wildman–Crippen MR) is 48.0 cm³/mol. The van der Waals surface area contributed by atoms with E-state index in [1.807, 2.05) is 0 Å². The molecule has 1 rings (SSSR count). The number of nitroso groups, excluding NO2 is 1. The fraction of sp³-hybridized carbons (Fsp3) is 1.00. The topological polar surface area (TPSA) is 38.7 Å². The molecule has 0 bridgehead atoms. The lowest BCUT2D eigenvalue weighted by Crippen LogP contribution is -2.35. The Morgan fingerprint density at radius 1 is 1.42 bits per heavy atom. The molecule has 0 unspecified atom stereocenters. The first-order valence-electron chi connectivity index (χ1n) is 4.61. The van der Waals surface area contributed by atoms with Crippen LogP contribution in [0.2, 0.25) is 0 Å². The Balaban J connectivity index is 2.53. The Bertz CT molecular complexity index is 151. The van der Waals surface area contributed by atoms with E-state index in [4.69, 9.17) is 4.74 Å². The molecular weight excluding hydrogens is 154 g/mol. The number of rotatable bonds is 3. The second-order valence-corrected chi connectivity index (χ2v) is 4.03. The standard InChI is InChI=1S/C9H17NO2/c1-8(2)7-9(10-11)3-5-12-6-4-9/h8H,3-7H2,1-2H3. The van der Waals surface area contributed by atoms with Crippen LogP contribution < -0.4 is 0 Å². The summed E-state index contributed by atoms with van der Waals surface area (Å²) in [5, 5.41) is 3.29. The molecule has 0 radical (unpaired) electrons. The summed E-state index contributed by atoms with van der Waals surface area (Å²) in [6, 6.07) is 0. The molecule has 1 aliphatic rings. The van der Waals surface area contributed by atoms with Crippen molar-refractivity contribution in [2.75, 3.05) is 13.2 Å². The van der Waals surface area contributed by atoms with Crippen molar-refractivity contribution in [2.24, 2.45) is 11.1 Å². The van der Waals surface area contributed by atoms with E-state index in [0.717, 1.165) is 19.3 Å². The average molecular weight is 171 g/mol. The van der Waals surface area contributed by atoms with Gasteiger partial charge in [0.1, 0.15) is 5.54 Å². The summed E-state index contributed by atoms with van der Waals surface area (Å²) >= 11 is 0. The van der Waals surface area contributed by atoms with Crippen LogP contribution in [-0.2, 0) is 4.74 Å². The van der Waals surface area contributed by atoms with Crippen molar-refractivity contribution in [3.05, 3.63) is 4.91 Å². The highest BCUT2D eigenvalue weighted by molar-refractivity contribution is 4.90. The van der Waals surface area contributed by atoms with Gasteiger partial charge in [-0.15, -0.1) is 0 Å². The van der Waals surface area contributed by atoms with Crippen molar-refractivity contribution < 1.29 is 4.74 Å². The Morgan fingerprint density at radius 2 is 2.00 bits per heavy atom. The molecule has 70 valence electrons. The SMILES string of the molecule is CC(C)CC1(N=O)CCOCC1. The first-order chi connectivity index (χ1) is 5.68. The Kier molecular flexibility index (Phi) is 3.20. The van der Waals surface area contributed by atoms with Crippen molar-refractivity contribution in [1.29, 1.82) is 0 Å². The molecule has 3 nitrogen and oxygen atoms in total. The van der Waals surface area contributed by atoms with E-state index in [-0.39, 0.29) is 5.54 Å². The number of nitrogens with zero attached hydrogens (tertiary/aromatic N) is 1. The molecule has 3 heteroatoms. The third kappa shape index (κ3) is 2.27. The predicted octanol–water partition coefficient (Wildman–Crippen LogP) is 2.35. The van der Waals surface area contributed by atoms with E-state index in [0.29, 0.717) is 19.1 Å². The van der Waals surface area contributed by atoms with Crippen molar-refractivity contribution in [3.63, 3.8) is 0 Å². The zero-order valence-electron chi connectivity index (χ0n) is 7.88. The monoisotopic (exact) mass is 171 g/mol. The highest BCUT2D eigenvalue weighted by atomic mass is 16.5. The normalized spacial score (nSPS) is 22.6. The van der Waals surface area contributed by atoms with Gasteiger partial charge in [0.05, 0.1) is 0 Å². The molecule has 12 heavy (non-hydrogen) atoms. The Labute approximate surface area is 73.5 Å². The molecule has 1 heterocycles. The number of hydrogen-bond donors (Lipinski definition) is 0. The molecule has 0 amide bonds. The highest BCUT2D eigenvalue weighted by Crippen LogP contribution is 2.31. The Morgan fingerprint density at radius 3 is 2.42 bits per heavy atom. The summed E-state index contributed by atoms with van der Waals surface area (Å²) in [5.74, 6) is 0.542. The maximum atomic E-state index is 10.7. The van der Waals surface area contributed by atoms with Gasteiger partial charge in [-0.1, -0.05) is 19.0 Å². The largest absolute Gasteiger partial charge is 0.381 e. The lowest BCUT2D eigenvalue weighted by molar-refractivity contribution is 0.0462. The van der Waals surface area contributed by atoms with E-state index in [1.54, 1.807) is 0 Å². The average Bonchev–Trinajstić information content (AvgIpc) is 2.05. The Hall–Kier alpha value is -0.440. The quantitative estimate of drug-likeness (QED) is 0.611. The van der Waals surface area contributed by atoms with Crippen LogP contribution in [0.15, 0.2) is 5.18 Å². The fourth-order valence-corrected chi connectivity index (χ4v) is 1.84. The van der Waals surface area contributed by atoms with Crippen LogP contribution in [-0.4, -0.2) is 18.8 Å². The molecule has 0 aromatic carbocycles. The third-order valence-corrected chi connectivity index (χ3v) is 2.41. The van der Waals surface area contributed by atoms with E-state index in [1.165, 1.54) is 0 Å². The molecule has 0 aromatic heterocycles. The minimum atomic E-state index is -0.313. The van der Waals surface area contributed by atoms with Crippen LogP contribution >= 0.6 is 0 Å². The molecule has 1 fully saturated rings.